The summed E-state index contributed by atoms with van der Waals surface area (Å²) >= 11 is 0. The van der Waals surface area contributed by atoms with Gasteiger partial charge in [-0.1, -0.05) is 24.3 Å². The summed E-state index contributed by atoms with van der Waals surface area (Å²) in [5.74, 6) is -1.39. The van der Waals surface area contributed by atoms with Crippen LogP contribution in [0.3, 0.4) is 0 Å². The Bertz CT molecular complexity index is 938. The number of halogens is 2. The fraction of sp³-hybridized carbons (Fsp3) is 0.211. The lowest BCUT2D eigenvalue weighted by Crippen LogP contribution is -2.18. The summed E-state index contributed by atoms with van der Waals surface area (Å²) < 4.78 is 32.9. The molecule has 0 saturated heterocycles. The highest BCUT2D eigenvalue weighted by Gasteiger charge is 2.24. The number of hydrogen-bond acceptors (Lipinski definition) is 3. The molecule has 0 atom stereocenters. The minimum absolute atomic E-state index is 0.0116. The minimum Gasteiger partial charge on any atom is -0.453 e. The van der Waals surface area contributed by atoms with Crippen molar-refractivity contribution in [1.82, 2.24) is 5.32 Å². The van der Waals surface area contributed by atoms with E-state index in [1.165, 1.54) is 12.1 Å². The average molecular weight is 326 g/mol. The fourth-order valence-corrected chi connectivity index (χ4v) is 2.87. The Kier molecular flexibility index (Phi) is 3.37. The fourth-order valence-electron chi connectivity index (χ4n) is 2.87. The molecule has 1 N–H and O–H groups in total. The number of benzene rings is 2. The van der Waals surface area contributed by atoms with Crippen molar-refractivity contribution in [3.05, 3.63) is 59.9 Å². The number of rotatable bonds is 3. The number of aliphatic imine (C=N–C) groups is 1. The standard InChI is InChI=1S/C19H16F2N2O/c1-19(20,21)15-4-2-3-12(10-15)13-5-6-16-14(9-13)11-17(24-16)18-22-7-8-23-18/h2-6,9-11H,7-8H2,1H3,(H,22,23). The summed E-state index contributed by atoms with van der Waals surface area (Å²) in [5.41, 5.74) is 2.40. The minimum atomic E-state index is -2.85. The van der Waals surface area contributed by atoms with Crippen LogP contribution in [0.25, 0.3) is 22.1 Å². The van der Waals surface area contributed by atoms with E-state index < -0.39 is 5.92 Å². The number of alkyl halides is 2. The van der Waals surface area contributed by atoms with Crippen LogP contribution in [0.4, 0.5) is 8.78 Å². The van der Waals surface area contributed by atoms with Crippen LogP contribution in [0.5, 0.6) is 0 Å². The Balaban J connectivity index is 1.75. The van der Waals surface area contributed by atoms with Gasteiger partial charge in [0, 0.05) is 24.4 Å². The Hall–Kier alpha value is -2.69. The maximum absolute atomic E-state index is 13.5. The van der Waals surface area contributed by atoms with Gasteiger partial charge in [0.15, 0.2) is 11.6 Å². The normalized spacial score (nSPS) is 14.7. The van der Waals surface area contributed by atoms with Gasteiger partial charge in [-0.15, -0.1) is 0 Å². The van der Waals surface area contributed by atoms with Crippen LogP contribution >= 0.6 is 0 Å². The molecule has 2 heterocycles. The number of hydrogen-bond donors (Lipinski definition) is 1. The monoisotopic (exact) mass is 326 g/mol. The first-order valence-electron chi connectivity index (χ1n) is 7.82. The average Bonchev–Trinajstić information content (AvgIpc) is 3.22. The van der Waals surface area contributed by atoms with Crippen LogP contribution in [0, 0.1) is 0 Å². The highest BCUT2D eigenvalue weighted by Crippen LogP contribution is 2.32. The lowest BCUT2D eigenvalue weighted by atomic mass is 10.00. The molecule has 0 unspecified atom stereocenters. The lowest BCUT2D eigenvalue weighted by molar-refractivity contribution is 0.0175. The zero-order valence-corrected chi connectivity index (χ0v) is 13.1. The van der Waals surface area contributed by atoms with Gasteiger partial charge in [0.2, 0.25) is 0 Å². The Morgan fingerprint density at radius 3 is 2.67 bits per heavy atom. The largest absolute Gasteiger partial charge is 0.453 e. The second kappa shape index (κ2) is 5.44. The first-order chi connectivity index (χ1) is 11.5. The summed E-state index contributed by atoms with van der Waals surface area (Å²) in [4.78, 5) is 4.35. The van der Waals surface area contributed by atoms with Crippen LogP contribution in [0.2, 0.25) is 0 Å². The topological polar surface area (TPSA) is 37.5 Å². The number of fused-ring (bicyclic) bond motifs is 1. The van der Waals surface area contributed by atoms with E-state index in [2.05, 4.69) is 10.3 Å². The van der Waals surface area contributed by atoms with Gasteiger partial charge in [-0.25, -0.2) is 8.78 Å². The summed E-state index contributed by atoms with van der Waals surface area (Å²) in [6, 6.07) is 14.1. The molecule has 1 aromatic heterocycles. The van der Waals surface area contributed by atoms with Gasteiger partial charge in [-0.3, -0.25) is 4.99 Å². The van der Waals surface area contributed by atoms with Crippen molar-refractivity contribution in [1.29, 1.82) is 0 Å². The van der Waals surface area contributed by atoms with Gasteiger partial charge in [0.25, 0.3) is 5.92 Å². The maximum atomic E-state index is 13.5. The van der Waals surface area contributed by atoms with Crippen LogP contribution in [-0.2, 0) is 5.92 Å². The van der Waals surface area contributed by atoms with Crippen molar-refractivity contribution in [2.24, 2.45) is 4.99 Å². The number of nitrogens with zero attached hydrogens (tertiary/aromatic N) is 1. The summed E-state index contributed by atoms with van der Waals surface area (Å²) in [6.45, 7) is 2.47. The molecule has 0 saturated carbocycles. The Morgan fingerprint density at radius 1 is 1.08 bits per heavy atom. The molecule has 1 aliphatic heterocycles. The zero-order chi connectivity index (χ0) is 16.7. The van der Waals surface area contributed by atoms with Gasteiger partial charge in [-0.2, -0.15) is 0 Å². The smallest absolute Gasteiger partial charge is 0.270 e. The van der Waals surface area contributed by atoms with Crippen LogP contribution < -0.4 is 5.32 Å². The van der Waals surface area contributed by atoms with E-state index in [0.29, 0.717) is 5.76 Å². The van der Waals surface area contributed by atoms with E-state index in [1.807, 2.05) is 30.3 Å². The number of amidine groups is 1. The van der Waals surface area contributed by atoms with Crippen molar-refractivity contribution in [3.8, 4) is 11.1 Å². The second-order valence-electron chi connectivity index (χ2n) is 5.99. The van der Waals surface area contributed by atoms with Crippen molar-refractivity contribution < 1.29 is 13.2 Å². The van der Waals surface area contributed by atoms with Gasteiger partial charge in [0.1, 0.15) is 5.58 Å². The molecule has 0 amide bonds. The third-order valence-electron chi connectivity index (χ3n) is 4.13. The molecule has 2 aromatic carbocycles. The second-order valence-corrected chi connectivity index (χ2v) is 5.99. The van der Waals surface area contributed by atoms with Crippen molar-refractivity contribution in [2.75, 3.05) is 13.1 Å². The molecule has 3 nitrogen and oxygen atoms in total. The third kappa shape index (κ3) is 2.66. The van der Waals surface area contributed by atoms with Crippen molar-refractivity contribution in [2.45, 2.75) is 12.8 Å². The SMILES string of the molecule is CC(F)(F)c1cccc(-c2ccc3oc(C4=NCCN4)cc3c2)c1. The van der Waals surface area contributed by atoms with E-state index in [1.54, 1.807) is 6.07 Å². The predicted molar refractivity (Wildman–Crippen MR) is 90.6 cm³/mol. The van der Waals surface area contributed by atoms with E-state index in [0.717, 1.165) is 47.9 Å². The molecule has 4 rings (SSSR count). The van der Waals surface area contributed by atoms with Crippen LogP contribution in [0.15, 0.2) is 57.9 Å². The molecule has 24 heavy (non-hydrogen) atoms. The lowest BCUT2D eigenvalue weighted by Gasteiger charge is -2.12. The summed E-state index contributed by atoms with van der Waals surface area (Å²) in [7, 11) is 0. The van der Waals surface area contributed by atoms with Crippen LogP contribution in [0.1, 0.15) is 18.2 Å². The number of furan rings is 1. The van der Waals surface area contributed by atoms with Crippen molar-refractivity contribution in [3.63, 3.8) is 0 Å². The van der Waals surface area contributed by atoms with Gasteiger partial charge < -0.3 is 9.73 Å². The van der Waals surface area contributed by atoms with Gasteiger partial charge >= 0.3 is 0 Å². The molecular weight excluding hydrogens is 310 g/mol. The zero-order valence-electron chi connectivity index (χ0n) is 13.1. The third-order valence-corrected chi connectivity index (χ3v) is 4.13. The quantitative estimate of drug-likeness (QED) is 0.766. The van der Waals surface area contributed by atoms with E-state index in [4.69, 9.17) is 4.42 Å². The molecule has 3 aromatic rings. The molecule has 1 aliphatic rings. The van der Waals surface area contributed by atoms with E-state index >= 15 is 0 Å². The first kappa shape index (κ1) is 14.9. The molecular formula is C19H16F2N2O. The number of nitrogens with one attached hydrogen (secondary N) is 1. The highest BCUT2D eigenvalue weighted by atomic mass is 19.3. The molecule has 0 radical (unpaired) electrons. The van der Waals surface area contributed by atoms with Gasteiger partial charge in [-0.05, 0) is 35.4 Å². The summed E-state index contributed by atoms with van der Waals surface area (Å²) in [5, 5.41) is 4.10. The van der Waals surface area contributed by atoms with Crippen molar-refractivity contribution >= 4 is 16.8 Å². The van der Waals surface area contributed by atoms with Gasteiger partial charge in [0.05, 0.1) is 6.54 Å². The Labute approximate surface area is 138 Å². The predicted octanol–water partition coefficient (Wildman–Crippen LogP) is 4.56. The van der Waals surface area contributed by atoms with E-state index in [-0.39, 0.29) is 5.56 Å². The highest BCUT2D eigenvalue weighted by molar-refractivity contribution is 6.01. The summed E-state index contributed by atoms with van der Waals surface area (Å²) in [6.07, 6.45) is 0. The molecule has 0 spiro atoms. The first-order valence-corrected chi connectivity index (χ1v) is 7.82. The maximum Gasteiger partial charge on any atom is 0.270 e. The molecule has 0 bridgehead atoms. The molecule has 5 heteroatoms. The van der Waals surface area contributed by atoms with E-state index in [9.17, 15) is 8.78 Å². The molecule has 122 valence electrons. The molecule has 0 aliphatic carbocycles. The van der Waals surface area contributed by atoms with Crippen LogP contribution in [-0.4, -0.2) is 18.9 Å². The molecule has 0 fully saturated rings. The Morgan fingerprint density at radius 2 is 1.92 bits per heavy atom.